The number of nitrogens with zero attached hydrogens (tertiary/aromatic N) is 2. The van der Waals surface area contributed by atoms with E-state index in [1.165, 1.54) is 11.0 Å². The topological polar surface area (TPSA) is 49.7 Å². The molecule has 16 heavy (non-hydrogen) atoms. The zero-order valence-corrected chi connectivity index (χ0v) is 9.43. The van der Waals surface area contributed by atoms with Crippen molar-refractivity contribution in [2.45, 2.75) is 6.42 Å². The normalized spacial score (nSPS) is 9.38. The number of isocyanates is 1. The smallest absolute Gasteiger partial charge is 0.253 e. The molecule has 0 atom stereocenters. The summed E-state index contributed by atoms with van der Waals surface area (Å²) in [7, 11) is 3.43. The van der Waals surface area contributed by atoms with E-state index >= 15 is 0 Å². The number of aliphatic imine (C=N–C) groups is 1. The van der Waals surface area contributed by atoms with Crippen LogP contribution < -0.4 is 0 Å². The highest BCUT2D eigenvalue weighted by molar-refractivity contribution is 5.93. The molecule has 0 aromatic heterocycles. The lowest BCUT2D eigenvalue weighted by Crippen LogP contribution is -2.21. The van der Waals surface area contributed by atoms with Crippen molar-refractivity contribution in [1.29, 1.82) is 0 Å². The molecule has 0 aliphatic rings. The van der Waals surface area contributed by atoms with Crippen LogP contribution in [0.3, 0.4) is 0 Å². The molecule has 4 heteroatoms. The first-order valence-corrected chi connectivity index (χ1v) is 4.99. The van der Waals surface area contributed by atoms with Gasteiger partial charge in [0.05, 0.1) is 6.54 Å². The average molecular weight is 218 g/mol. The minimum absolute atomic E-state index is 0.0162. The lowest BCUT2D eigenvalue weighted by Gasteiger charge is -2.10. The zero-order valence-electron chi connectivity index (χ0n) is 9.43. The Morgan fingerprint density at radius 1 is 1.31 bits per heavy atom. The fourth-order valence-electron chi connectivity index (χ4n) is 1.30. The van der Waals surface area contributed by atoms with Gasteiger partial charge in [-0.2, -0.15) is 0 Å². The summed E-state index contributed by atoms with van der Waals surface area (Å²) in [4.78, 5) is 26.4. The quantitative estimate of drug-likeness (QED) is 0.564. The van der Waals surface area contributed by atoms with Gasteiger partial charge < -0.3 is 4.90 Å². The molecular formula is C12H14N2O2. The molecule has 1 amide bonds. The van der Waals surface area contributed by atoms with Crippen LogP contribution in [0.1, 0.15) is 15.9 Å². The summed E-state index contributed by atoms with van der Waals surface area (Å²) in [6.45, 7) is 0.435. The molecule has 0 bridgehead atoms. The third kappa shape index (κ3) is 3.33. The van der Waals surface area contributed by atoms with Crippen molar-refractivity contribution in [2.75, 3.05) is 20.6 Å². The number of hydrogen-bond acceptors (Lipinski definition) is 3. The van der Waals surface area contributed by atoms with Crippen molar-refractivity contribution < 1.29 is 9.59 Å². The molecule has 84 valence electrons. The van der Waals surface area contributed by atoms with Crippen LogP contribution >= 0.6 is 0 Å². The minimum Gasteiger partial charge on any atom is -0.345 e. The lowest BCUT2D eigenvalue weighted by atomic mass is 10.1. The molecule has 0 fully saturated rings. The van der Waals surface area contributed by atoms with Crippen LogP contribution in [0.15, 0.2) is 29.3 Å². The van der Waals surface area contributed by atoms with Gasteiger partial charge in [0.15, 0.2) is 0 Å². The molecule has 0 saturated carbocycles. The van der Waals surface area contributed by atoms with E-state index in [0.717, 1.165) is 5.56 Å². The Labute approximate surface area is 94.6 Å². The molecule has 0 heterocycles. The second-order valence-corrected chi connectivity index (χ2v) is 3.62. The van der Waals surface area contributed by atoms with Gasteiger partial charge in [-0.3, -0.25) is 4.79 Å². The van der Waals surface area contributed by atoms with Crippen molar-refractivity contribution in [3.05, 3.63) is 35.4 Å². The SMILES string of the molecule is CN(C)C(=O)c1ccc(CCN=C=O)cc1. The highest BCUT2D eigenvalue weighted by Gasteiger charge is 2.06. The van der Waals surface area contributed by atoms with Crippen molar-refractivity contribution in [3.63, 3.8) is 0 Å². The van der Waals surface area contributed by atoms with Gasteiger partial charge >= 0.3 is 0 Å². The predicted molar refractivity (Wildman–Crippen MR) is 61.2 cm³/mol. The minimum atomic E-state index is -0.0162. The molecule has 0 radical (unpaired) electrons. The van der Waals surface area contributed by atoms with Crippen molar-refractivity contribution in [3.8, 4) is 0 Å². The van der Waals surface area contributed by atoms with Gasteiger partial charge in [-0.15, -0.1) is 0 Å². The Balaban J connectivity index is 2.67. The van der Waals surface area contributed by atoms with E-state index in [2.05, 4.69) is 4.99 Å². The first-order chi connectivity index (χ1) is 7.65. The molecule has 1 rings (SSSR count). The molecule has 1 aromatic carbocycles. The summed E-state index contributed by atoms with van der Waals surface area (Å²) < 4.78 is 0. The molecule has 1 aromatic rings. The van der Waals surface area contributed by atoms with E-state index in [1.54, 1.807) is 26.2 Å². The van der Waals surface area contributed by atoms with Crippen molar-refractivity contribution in [1.82, 2.24) is 4.90 Å². The third-order valence-electron chi connectivity index (χ3n) is 2.18. The van der Waals surface area contributed by atoms with Crippen LogP contribution in [0.25, 0.3) is 0 Å². The van der Waals surface area contributed by atoms with Crippen LogP contribution in [0.2, 0.25) is 0 Å². The maximum Gasteiger partial charge on any atom is 0.253 e. The Bertz CT molecular complexity index is 404. The molecule has 0 aliphatic carbocycles. The maximum absolute atomic E-state index is 11.6. The molecule has 0 unspecified atom stereocenters. The number of amides is 1. The Hall–Kier alpha value is -1.93. The van der Waals surface area contributed by atoms with Crippen LogP contribution in [0.4, 0.5) is 0 Å². The predicted octanol–water partition coefficient (Wildman–Crippen LogP) is 1.27. The zero-order chi connectivity index (χ0) is 12.0. The first-order valence-electron chi connectivity index (χ1n) is 4.99. The highest BCUT2D eigenvalue weighted by atomic mass is 16.2. The van der Waals surface area contributed by atoms with Gasteiger partial charge in [0.2, 0.25) is 6.08 Å². The largest absolute Gasteiger partial charge is 0.345 e. The van der Waals surface area contributed by atoms with E-state index in [0.29, 0.717) is 18.5 Å². The molecule has 0 saturated heterocycles. The van der Waals surface area contributed by atoms with E-state index in [-0.39, 0.29) is 5.91 Å². The van der Waals surface area contributed by atoms with Crippen molar-refractivity contribution in [2.24, 2.45) is 4.99 Å². The van der Waals surface area contributed by atoms with Gasteiger partial charge in [0, 0.05) is 19.7 Å². The lowest BCUT2D eigenvalue weighted by molar-refractivity contribution is 0.0827. The Morgan fingerprint density at radius 3 is 2.44 bits per heavy atom. The Kier molecular flexibility index (Phi) is 4.42. The van der Waals surface area contributed by atoms with Crippen LogP contribution in [-0.2, 0) is 11.2 Å². The summed E-state index contributed by atoms with van der Waals surface area (Å²) in [5.41, 5.74) is 1.71. The van der Waals surface area contributed by atoms with Gasteiger partial charge in [0.25, 0.3) is 5.91 Å². The molecule has 4 nitrogen and oxygen atoms in total. The van der Waals surface area contributed by atoms with Gasteiger partial charge in [-0.05, 0) is 24.1 Å². The van der Waals surface area contributed by atoms with E-state index in [1.807, 2.05) is 12.1 Å². The first kappa shape index (κ1) is 12.1. The number of rotatable bonds is 4. The summed E-state index contributed by atoms with van der Waals surface area (Å²) in [6.07, 6.45) is 2.18. The van der Waals surface area contributed by atoms with Crippen molar-refractivity contribution >= 4 is 12.0 Å². The maximum atomic E-state index is 11.6. The second kappa shape index (κ2) is 5.83. The molecule has 0 N–H and O–H groups in total. The number of carbonyl (C=O) groups is 1. The number of carbonyl (C=O) groups excluding carboxylic acids is 2. The Morgan fingerprint density at radius 2 is 1.94 bits per heavy atom. The van der Waals surface area contributed by atoms with E-state index in [9.17, 15) is 9.59 Å². The van der Waals surface area contributed by atoms with Gasteiger partial charge in [0.1, 0.15) is 0 Å². The average Bonchev–Trinajstić information content (AvgIpc) is 2.29. The summed E-state index contributed by atoms with van der Waals surface area (Å²) in [5.74, 6) is -0.0162. The molecular weight excluding hydrogens is 204 g/mol. The fraction of sp³-hybridized carbons (Fsp3) is 0.333. The summed E-state index contributed by atoms with van der Waals surface area (Å²) in [5, 5.41) is 0. The fourth-order valence-corrected chi connectivity index (χ4v) is 1.30. The van der Waals surface area contributed by atoms with E-state index < -0.39 is 0 Å². The number of hydrogen-bond donors (Lipinski definition) is 0. The number of benzene rings is 1. The van der Waals surface area contributed by atoms with Crippen LogP contribution in [0.5, 0.6) is 0 Å². The van der Waals surface area contributed by atoms with E-state index in [4.69, 9.17) is 0 Å². The second-order valence-electron chi connectivity index (χ2n) is 3.62. The summed E-state index contributed by atoms with van der Waals surface area (Å²) in [6, 6.07) is 7.30. The van der Waals surface area contributed by atoms with Crippen LogP contribution in [-0.4, -0.2) is 37.5 Å². The standard InChI is InChI=1S/C12H14N2O2/c1-14(2)12(16)11-5-3-10(4-6-11)7-8-13-9-15/h3-6H,7-8H2,1-2H3. The van der Waals surface area contributed by atoms with Gasteiger partial charge in [-0.25, -0.2) is 9.79 Å². The van der Waals surface area contributed by atoms with Gasteiger partial charge in [-0.1, -0.05) is 12.1 Å². The summed E-state index contributed by atoms with van der Waals surface area (Å²) >= 11 is 0. The third-order valence-corrected chi connectivity index (χ3v) is 2.18. The van der Waals surface area contributed by atoms with Crippen LogP contribution in [0, 0.1) is 0 Å². The highest BCUT2D eigenvalue weighted by Crippen LogP contribution is 2.07. The monoisotopic (exact) mass is 218 g/mol. The molecule has 0 spiro atoms. The molecule has 0 aliphatic heterocycles.